The lowest BCUT2D eigenvalue weighted by Gasteiger charge is -2.11. The molecule has 4 nitrogen and oxygen atoms in total. The molecule has 6 heteroatoms. The highest BCUT2D eigenvalue weighted by molar-refractivity contribution is 7.92. The molecule has 0 unspecified atom stereocenters. The van der Waals surface area contributed by atoms with E-state index >= 15 is 0 Å². The van der Waals surface area contributed by atoms with Crippen LogP contribution in [-0.2, 0) is 10.0 Å². The van der Waals surface area contributed by atoms with Gasteiger partial charge in [0.15, 0.2) is 0 Å². The van der Waals surface area contributed by atoms with E-state index in [0.29, 0.717) is 5.69 Å². The van der Waals surface area contributed by atoms with Crippen LogP contribution in [0.15, 0.2) is 41.3 Å². The molecule has 3 N–H and O–H groups in total. The summed E-state index contributed by atoms with van der Waals surface area (Å²) in [5.41, 5.74) is 7.98. The molecule has 2 aromatic carbocycles. The SMILES string of the molecule is Cc1cc(S(=O)(=O)Nc2cccc(F)c2)cc(N)c1C. The number of benzene rings is 2. The van der Waals surface area contributed by atoms with E-state index in [0.717, 1.165) is 17.2 Å². The monoisotopic (exact) mass is 294 g/mol. The van der Waals surface area contributed by atoms with Crippen LogP contribution in [0.3, 0.4) is 0 Å². The van der Waals surface area contributed by atoms with Gasteiger partial charge in [0.2, 0.25) is 0 Å². The molecule has 0 aromatic heterocycles. The van der Waals surface area contributed by atoms with Crippen LogP contribution in [-0.4, -0.2) is 8.42 Å². The Labute approximate surface area is 117 Å². The standard InChI is InChI=1S/C14H15FN2O2S/c1-9-6-13(8-14(16)10(9)2)20(18,19)17-12-5-3-4-11(15)7-12/h3-8,17H,16H2,1-2H3. The first-order valence-corrected chi connectivity index (χ1v) is 7.43. The van der Waals surface area contributed by atoms with Crippen molar-refractivity contribution < 1.29 is 12.8 Å². The zero-order valence-electron chi connectivity index (χ0n) is 11.1. The molecule has 0 spiro atoms. The number of sulfonamides is 1. The molecule has 0 fully saturated rings. The highest BCUT2D eigenvalue weighted by Gasteiger charge is 2.16. The van der Waals surface area contributed by atoms with Crippen LogP contribution in [0.25, 0.3) is 0 Å². The van der Waals surface area contributed by atoms with Crippen LogP contribution >= 0.6 is 0 Å². The second-order valence-electron chi connectivity index (χ2n) is 4.57. The second-order valence-corrected chi connectivity index (χ2v) is 6.25. The quantitative estimate of drug-likeness (QED) is 0.855. The summed E-state index contributed by atoms with van der Waals surface area (Å²) in [6.07, 6.45) is 0. The Bertz CT molecular complexity index is 735. The number of aryl methyl sites for hydroxylation is 1. The summed E-state index contributed by atoms with van der Waals surface area (Å²) in [6, 6.07) is 8.19. The summed E-state index contributed by atoms with van der Waals surface area (Å²) in [5.74, 6) is -0.509. The molecule has 0 aliphatic carbocycles. The first kappa shape index (κ1) is 14.3. The van der Waals surface area contributed by atoms with Crippen molar-refractivity contribution in [3.8, 4) is 0 Å². The highest BCUT2D eigenvalue weighted by atomic mass is 32.2. The fourth-order valence-corrected chi connectivity index (χ4v) is 2.94. The summed E-state index contributed by atoms with van der Waals surface area (Å²) in [4.78, 5) is 0.0577. The lowest BCUT2D eigenvalue weighted by Crippen LogP contribution is -2.14. The van der Waals surface area contributed by atoms with E-state index in [-0.39, 0.29) is 10.6 Å². The Hall–Kier alpha value is -2.08. The molecule has 0 amide bonds. The van der Waals surface area contributed by atoms with Crippen molar-refractivity contribution in [3.63, 3.8) is 0 Å². The van der Waals surface area contributed by atoms with Crippen LogP contribution in [0, 0.1) is 19.7 Å². The zero-order valence-corrected chi connectivity index (χ0v) is 12.0. The van der Waals surface area contributed by atoms with E-state index in [1.807, 2.05) is 6.92 Å². The fraction of sp³-hybridized carbons (Fsp3) is 0.143. The third-order valence-electron chi connectivity index (χ3n) is 3.07. The average Bonchev–Trinajstić information content (AvgIpc) is 2.34. The minimum absolute atomic E-state index is 0.0577. The maximum absolute atomic E-state index is 13.1. The predicted octanol–water partition coefficient (Wildman–Crippen LogP) is 2.83. The smallest absolute Gasteiger partial charge is 0.261 e. The van der Waals surface area contributed by atoms with Gasteiger partial charge in [-0.1, -0.05) is 6.07 Å². The number of anilines is 2. The summed E-state index contributed by atoms with van der Waals surface area (Å²) < 4.78 is 39.9. The number of nitrogen functional groups attached to an aromatic ring is 1. The molecule has 0 radical (unpaired) electrons. The minimum atomic E-state index is -3.79. The zero-order chi connectivity index (χ0) is 14.9. The van der Waals surface area contributed by atoms with Gasteiger partial charge in [0.1, 0.15) is 5.82 Å². The van der Waals surface area contributed by atoms with Crippen LogP contribution < -0.4 is 10.5 Å². The molecule has 0 aliphatic rings. The van der Waals surface area contributed by atoms with Crippen LogP contribution in [0.2, 0.25) is 0 Å². The Morgan fingerprint density at radius 2 is 1.85 bits per heavy atom. The molecule has 0 aliphatic heterocycles. The summed E-state index contributed by atoms with van der Waals surface area (Å²) >= 11 is 0. The number of hydrogen-bond donors (Lipinski definition) is 2. The van der Waals surface area contributed by atoms with Crippen LogP contribution in [0.5, 0.6) is 0 Å². The van der Waals surface area contributed by atoms with E-state index in [2.05, 4.69) is 4.72 Å². The second kappa shape index (κ2) is 5.13. The summed E-state index contributed by atoms with van der Waals surface area (Å²) in [6.45, 7) is 3.61. The lowest BCUT2D eigenvalue weighted by molar-refractivity contribution is 0.601. The lowest BCUT2D eigenvalue weighted by atomic mass is 10.1. The molecule has 0 saturated heterocycles. The third-order valence-corrected chi connectivity index (χ3v) is 4.43. The molecule has 0 heterocycles. The van der Waals surface area contributed by atoms with Crippen molar-refractivity contribution in [1.29, 1.82) is 0 Å². The van der Waals surface area contributed by atoms with E-state index in [4.69, 9.17) is 5.73 Å². The van der Waals surface area contributed by atoms with Gasteiger partial charge in [-0.05, 0) is 55.3 Å². The van der Waals surface area contributed by atoms with Crippen molar-refractivity contribution in [2.45, 2.75) is 18.7 Å². The summed E-state index contributed by atoms with van der Waals surface area (Å²) in [7, 11) is -3.79. The van der Waals surface area contributed by atoms with Crippen molar-refractivity contribution >= 4 is 21.4 Å². The molecule has 0 atom stereocenters. The third kappa shape index (κ3) is 2.91. The van der Waals surface area contributed by atoms with Gasteiger partial charge in [-0.15, -0.1) is 0 Å². The average molecular weight is 294 g/mol. The molecule has 2 aromatic rings. The molecular weight excluding hydrogens is 279 g/mol. The van der Waals surface area contributed by atoms with E-state index in [1.165, 1.54) is 30.3 Å². The van der Waals surface area contributed by atoms with Crippen LogP contribution in [0.4, 0.5) is 15.8 Å². The fourth-order valence-electron chi connectivity index (χ4n) is 1.77. The van der Waals surface area contributed by atoms with Gasteiger partial charge in [0, 0.05) is 5.69 Å². The normalized spacial score (nSPS) is 11.3. The van der Waals surface area contributed by atoms with Crippen molar-refractivity contribution in [1.82, 2.24) is 0 Å². The minimum Gasteiger partial charge on any atom is -0.398 e. The number of hydrogen-bond acceptors (Lipinski definition) is 3. The topological polar surface area (TPSA) is 72.2 Å². The van der Waals surface area contributed by atoms with E-state index in [9.17, 15) is 12.8 Å². The van der Waals surface area contributed by atoms with Gasteiger partial charge in [-0.3, -0.25) is 4.72 Å². The Morgan fingerprint density at radius 3 is 2.45 bits per heavy atom. The molecular formula is C14H15FN2O2S. The first-order chi connectivity index (χ1) is 9.29. The Kier molecular flexibility index (Phi) is 3.67. The van der Waals surface area contributed by atoms with Crippen molar-refractivity contribution in [2.75, 3.05) is 10.5 Å². The predicted molar refractivity (Wildman–Crippen MR) is 77.5 cm³/mol. The van der Waals surface area contributed by atoms with Gasteiger partial charge in [-0.25, -0.2) is 12.8 Å². The van der Waals surface area contributed by atoms with E-state index < -0.39 is 15.8 Å². The highest BCUT2D eigenvalue weighted by Crippen LogP contribution is 2.23. The summed E-state index contributed by atoms with van der Waals surface area (Å²) in [5, 5.41) is 0. The number of nitrogens with two attached hydrogens (primary N) is 1. The largest absolute Gasteiger partial charge is 0.398 e. The molecule has 2 rings (SSSR count). The van der Waals surface area contributed by atoms with E-state index in [1.54, 1.807) is 6.92 Å². The van der Waals surface area contributed by atoms with Gasteiger partial charge >= 0.3 is 0 Å². The van der Waals surface area contributed by atoms with Gasteiger partial charge in [0.25, 0.3) is 10.0 Å². The van der Waals surface area contributed by atoms with Crippen LogP contribution in [0.1, 0.15) is 11.1 Å². The van der Waals surface area contributed by atoms with Gasteiger partial charge in [0.05, 0.1) is 10.6 Å². The Morgan fingerprint density at radius 1 is 1.15 bits per heavy atom. The number of rotatable bonds is 3. The maximum atomic E-state index is 13.1. The molecule has 0 bridgehead atoms. The number of nitrogens with one attached hydrogen (secondary N) is 1. The van der Waals surface area contributed by atoms with Gasteiger partial charge < -0.3 is 5.73 Å². The number of halogens is 1. The first-order valence-electron chi connectivity index (χ1n) is 5.95. The maximum Gasteiger partial charge on any atom is 0.261 e. The molecule has 106 valence electrons. The van der Waals surface area contributed by atoms with Crippen molar-refractivity contribution in [3.05, 3.63) is 53.3 Å². The Balaban J connectivity index is 2.41. The molecule has 20 heavy (non-hydrogen) atoms. The van der Waals surface area contributed by atoms with Gasteiger partial charge in [-0.2, -0.15) is 0 Å². The molecule has 0 saturated carbocycles. The van der Waals surface area contributed by atoms with Crippen molar-refractivity contribution in [2.24, 2.45) is 0 Å².